The minimum Gasteiger partial charge on any atom is -0.378 e. The van der Waals surface area contributed by atoms with E-state index in [1.807, 2.05) is 0 Å². The maximum Gasteiger partial charge on any atom is 0.0661 e. The van der Waals surface area contributed by atoms with Crippen LogP contribution in [0.5, 0.6) is 0 Å². The van der Waals surface area contributed by atoms with Crippen molar-refractivity contribution in [3.05, 3.63) is 0 Å². The average Bonchev–Trinajstić information content (AvgIpc) is 2.99. The maximum absolute atomic E-state index is 6.20. The highest BCUT2D eigenvalue weighted by Gasteiger charge is 2.56. The van der Waals surface area contributed by atoms with Crippen LogP contribution in [0.1, 0.15) is 58.3 Å². The first-order valence-corrected chi connectivity index (χ1v) is 7.70. The standard InChI is InChI=1S/C15H27NO/c1-2-16-13-11-14(15(13)8-3-4-9-15)17-10-7-12-5-6-12/h12-14,16H,2-11H2,1H3. The summed E-state index contributed by atoms with van der Waals surface area (Å²) < 4.78 is 6.20. The molecule has 0 bridgehead atoms. The summed E-state index contributed by atoms with van der Waals surface area (Å²) in [6.07, 6.45) is 11.7. The van der Waals surface area contributed by atoms with Crippen LogP contribution in [0.3, 0.4) is 0 Å². The van der Waals surface area contributed by atoms with Gasteiger partial charge in [-0.15, -0.1) is 0 Å². The lowest BCUT2D eigenvalue weighted by molar-refractivity contribution is -0.134. The summed E-state index contributed by atoms with van der Waals surface area (Å²) in [6, 6.07) is 0.751. The highest BCUT2D eigenvalue weighted by molar-refractivity contribution is 5.09. The van der Waals surface area contributed by atoms with Crippen LogP contribution in [0.4, 0.5) is 0 Å². The van der Waals surface area contributed by atoms with Crippen LogP contribution in [-0.4, -0.2) is 25.3 Å². The lowest BCUT2D eigenvalue weighted by Crippen LogP contribution is -2.62. The fraction of sp³-hybridized carbons (Fsp3) is 1.00. The number of ether oxygens (including phenoxy) is 1. The molecule has 0 aliphatic heterocycles. The third-order valence-corrected chi connectivity index (χ3v) is 5.31. The van der Waals surface area contributed by atoms with E-state index in [9.17, 15) is 0 Å². The molecule has 1 spiro atoms. The van der Waals surface area contributed by atoms with E-state index in [1.165, 1.54) is 51.4 Å². The van der Waals surface area contributed by atoms with E-state index in [4.69, 9.17) is 4.74 Å². The Bertz CT molecular complexity index is 256. The molecule has 0 aromatic rings. The van der Waals surface area contributed by atoms with Gasteiger partial charge in [-0.25, -0.2) is 0 Å². The van der Waals surface area contributed by atoms with Crippen LogP contribution >= 0.6 is 0 Å². The van der Waals surface area contributed by atoms with Crippen LogP contribution in [0.15, 0.2) is 0 Å². The van der Waals surface area contributed by atoms with Crippen LogP contribution < -0.4 is 5.32 Å². The molecule has 2 nitrogen and oxygen atoms in total. The second-order valence-electron chi connectivity index (χ2n) is 6.38. The monoisotopic (exact) mass is 237 g/mol. The highest BCUT2D eigenvalue weighted by atomic mass is 16.5. The summed E-state index contributed by atoms with van der Waals surface area (Å²) >= 11 is 0. The van der Waals surface area contributed by atoms with Gasteiger partial charge in [0.1, 0.15) is 0 Å². The first-order valence-electron chi connectivity index (χ1n) is 7.70. The van der Waals surface area contributed by atoms with Crippen molar-refractivity contribution < 1.29 is 4.74 Å². The van der Waals surface area contributed by atoms with Crippen molar-refractivity contribution in [2.24, 2.45) is 11.3 Å². The van der Waals surface area contributed by atoms with Crippen LogP contribution in [0.2, 0.25) is 0 Å². The molecule has 0 aromatic carbocycles. The maximum atomic E-state index is 6.20. The molecule has 1 N–H and O–H groups in total. The van der Waals surface area contributed by atoms with Crippen molar-refractivity contribution in [2.45, 2.75) is 70.4 Å². The van der Waals surface area contributed by atoms with E-state index in [-0.39, 0.29) is 0 Å². The van der Waals surface area contributed by atoms with Gasteiger partial charge in [0.15, 0.2) is 0 Å². The molecule has 0 heterocycles. The molecule has 2 unspecified atom stereocenters. The normalized spacial score (nSPS) is 35.1. The summed E-state index contributed by atoms with van der Waals surface area (Å²) in [5, 5.41) is 3.68. The average molecular weight is 237 g/mol. The van der Waals surface area contributed by atoms with Crippen molar-refractivity contribution in [3.63, 3.8) is 0 Å². The van der Waals surface area contributed by atoms with E-state index in [0.717, 1.165) is 25.1 Å². The molecule has 3 aliphatic carbocycles. The van der Waals surface area contributed by atoms with Crippen molar-refractivity contribution in [1.82, 2.24) is 5.32 Å². The van der Waals surface area contributed by atoms with E-state index < -0.39 is 0 Å². The van der Waals surface area contributed by atoms with E-state index in [1.54, 1.807) is 0 Å². The van der Waals surface area contributed by atoms with Gasteiger partial charge in [-0.1, -0.05) is 32.6 Å². The molecule has 17 heavy (non-hydrogen) atoms. The fourth-order valence-electron chi connectivity index (χ4n) is 4.00. The minimum atomic E-state index is 0.527. The molecule has 0 saturated heterocycles. The Kier molecular flexibility index (Phi) is 3.45. The van der Waals surface area contributed by atoms with Gasteiger partial charge in [0, 0.05) is 18.1 Å². The Balaban J connectivity index is 1.50. The molecular weight excluding hydrogens is 210 g/mol. The topological polar surface area (TPSA) is 21.3 Å². The van der Waals surface area contributed by atoms with Gasteiger partial charge >= 0.3 is 0 Å². The highest BCUT2D eigenvalue weighted by Crippen LogP contribution is 2.54. The van der Waals surface area contributed by atoms with Gasteiger partial charge in [-0.05, 0) is 38.1 Å². The molecular formula is C15H27NO. The Morgan fingerprint density at radius 1 is 1.24 bits per heavy atom. The minimum absolute atomic E-state index is 0.527. The van der Waals surface area contributed by atoms with Crippen LogP contribution in [0.25, 0.3) is 0 Å². The molecule has 3 rings (SSSR count). The second kappa shape index (κ2) is 4.89. The SMILES string of the molecule is CCNC1CC(OCCC2CC2)C12CCCC2. The summed E-state index contributed by atoms with van der Waals surface area (Å²) in [5.74, 6) is 1.01. The largest absolute Gasteiger partial charge is 0.378 e. The third-order valence-electron chi connectivity index (χ3n) is 5.31. The molecule has 3 fully saturated rings. The fourth-order valence-corrected chi connectivity index (χ4v) is 4.00. The Morgan fingerprint density at radius 3 is 2.65 bits per heavy atom. The first kappa shape index (κ1) is 12.0. The number of rotatable bonds is 6. The predicted octanol–water partition coefficient (Wildman–Crippen LogP) is 3.11. The van der Waals surface area contributed by atoms with Gasteiger partial charge in [-0.3, -0.25) is 0 Å². The molecule has 0 radical (unpaired) electrons. The lowest BCUT2D eigenvalue weighted by Gasteiger charge is -2.54. The molecule has 3 saturated carbocycles. The van der Waals surface area contributed by atoms with Gasteiger partial charge in [0.2, 0.25) is 0 Å². The number of nitrogens with one attached hydrogen (secondary N) is 1. The predicted molar refractivity (Wildman–Crippen MR) is 70.1 cm³/mol. The molecule has 3 aliphatic rings. The Hall–Kier alpha value is -0.0800. The third kappa shape index (κ3) is 2.26. The van der Waals surface area contributed by atoms with E-state index in [0.29, 0.717) is 11.5 Å². The number of hydrogen-bond acceptors (Lipinski definition) is 2. The van der Waals surface area contributed by atoms with Crippen LogP contribution in [0, 0.1) is 11.3 Å². The van der Waals surface area contributed by atoms with Crippen LogP contribution in [-0.2, 0) is 4.74 Å². The van der Waals surface area contributed by atoms with Gasteiger partial charge in [0.05, 0.1) is 6.10 Å². The van der Waals surface area contributed by atoms with Crippen molar-refractivity contribution in [3.8, 4) is 0 Å². The first-order chi connectivity index (χ1) is 8.35. The lowest BCUT2D eigenvalue weighted by atomic mass is 9.60. The van der Waals surface area contributed by atoms with Gasteiger partial charge in [-0.2, -0.15) is 0 Å². The zero-order valence-electron chi connectivity index (χ0n) is 11.2. The molecule has 0 amide bonds. The quantitative estimate of drug-likeness (QED) is 0.766. The molecule has 2 heteroatoms. The van der Waals surface area contributed by atoms with E-state index >= 15 is 0 Å². The molecule has 98 valence electrons. The summed E-state index contributed by atoms with van der Waals surface area (Å²) in [5.41, 5.74) is 0.527. The van der Waals surface area contributed by atoms with Gasteiger partial charge in [0.25, 0.3) is 0 Å². The number of hydrogen-bond donors (Lipinski definition) is 1. The van der Waals surface area contributed by atoms with E-state index in [2.05, 4.69) is 12.2 Å². The van der Waals surface area contributed by atoms with Crippen molar-refractivity contribution >= 4 is 0 Å². The molecule has 0 aromatic heterocycles. The second-order valence-corrected chi connectivity index (χ2v) is 6.38. The summed E-state index contributed by atoms with van der Waals surface area (Å²) in [7, 11) is 0. The summed E-state index contributed by atoms with van der Waals surface area (Å²) in [4.78, 5) is 0. The Morgan fingerprint density at radius 2 is 2.00 bits per heavy atom. The smallest absolute Gasteiger partial charge is 0.0661 e. The Labute approximate surface area is 105 Å². The van der Waals surface area contributed by atoms with Crippen molar-refractivity contribution in [2.75, 3.05) is 13.2 Å². The summed E-state index contributed by atoms with van der Waals surface area (Å²) in [6.45, 7) is 4.36. The zero-order valence-corrected chi connectivity index (χ0v) is 11.2. The van der Waals surface area contributed by atoms with Gasteiger partial charge < -0.3 is 10.1 Å². The molecule has 2 atom stereocenters. The van der Waals surface area contributed by atoms with Crippen molar-refractivity contribution in [1.29, 1.82) is 0 Å². The zero-order chi connectivity index (χ0) is 11.7.